The molecule has 3 aromatic heterocycles. The number of hydrogen-bond donors (Lipinski definition) is 0. The van der Waals surface area contributed by atoms with Crippen molar-refractivity contribution >= 4 is 56.4 Å². The molecule has 9 heteroatoms. The van der Waals surface area contributed by atoms with Crippen LogP contribution in [0, 0.1) is 6.92 Å². The number of fused-ring (bicyclic) bond motifs is 1. The van der Waals surface area contributed by atoms with E-state index in [2.05, 4.69) is 15.0 Å². The van der Waals surface area contributed by atoms with Crippen LogP contribution >= 0.6 is 34.4 Å². The highest BCUT2D eigenvalue weighted by molar-refractivity contribution is 8.00. The summed E-state index contributed by atoms with van der Waals surface area (Å²) in [5.74, 6) is -1.65. The van der Waals surface area contributed by atoms with Crippen molar-refractivity contribution in [3.63, 3.8) is 0 Å². The van der Waals surface area contributed by atoms with Crippen LogP contribution in [0.25, 0.3) is 10.2 Å². The van der Waals surface area contributed by atoms with Gasteiger partial charge in [-0.15, -0.1) is 22.7 Å². The minimum absolute atomic E-state index is 0.115. The minimum Gasteiger partial charge on any atom is -0.465 e. The summed E-state index contributed by atoms with van der Waals surface area (Å²) in [4.78, 5) is 38.6. The molecule has 0 aliphatic rings. The van der Waals surface area contributed by atoms with Crippen LogP contribution in [0.15, 0.2) is 28.2 Å². The second-order valence-electron chi connectivity index (χ2n) is 5.09. The molecule has 0 radical (unpaired) electrons. The van der Waals surface area contributed by atoms with Crippen LogP contribution in [0.5, 0.6) is 0 Å². The van der Waals surface area contributed by atoms with Gasteiger partial charge in [-0.1, -0.05) is 11.8 Å². The van der Waals surface area contributed by atoms with E-state index in [1.807, 2.05) is 23.8 Å². The van der Waals surface area contributed by atoms with Crippen molar-refractivity contribution in [1.82, 2.24) is 15.0 Å². The fourth-order valence-corrected chi connectivity index (χ4v) is 4.79. The number of esters is 1. The van der Waals surface area contributed by atoms with E-state index >= 15 is 0 Å². The lowest BCUT2D eigenvalue weighted by atomic mass is 10.1. The summed E-state index contributed by atoms with van der Waals surface area (Å²) >= 11 is 4.12. The summed E-state index contributed by atoms with van der Waals surface area (Å²) in [5, 5.41) is 5.89. The van der Waals surface area contributed by atoms with Crippen LogP contribution in [-0.4, -0.2) is 39.1 Å². The van der Waals surface area contributed by atoms with Crippen LogP contribution in [0.2, 0.25) is 0 Å². The maximum absolute atomic E-state index is 12.7. The predicted octanol–water partition coefficient (Wildman–Crippen LogP) is 3.46. The number of ether oxygens (including phenoxy) is 1. The average Bonchev–Trinajstić information content (AvgIpc) is 3.22. The number of nitrogens with zero attached hydrogens (tertiary/aromatic N) is 3. The molecule has 6 nitrogen and oxygen atoms in total. The highest BCUT2D eigenvalue weighted by atomic mass is 32.2. The molecule has 0 unspecified atom stereocenters. The zero-order valence-electron chi connectivity index (χ0n) is 13.6. The molecule has 0 aliphatic carbocycles. The van der Waals surface area contributed by atoms with Crippen molar-refractivity contribution in [2.75, 3.05) is 12.4 Å². The minimum atomic E-state index is -0.981. The maximum atomic E-state index is 12.7. The maximum Gasteiger partial charge on any atom is 0.323 e. The molecule has 0 bridgehead atoms. The van der Waals surface area contributed by atoms with Crippen molar-refractivity contribution in [3.8, 4) is 0 Å². The van der Waals surface area contributed by atoms with Crippen LogP contribution in [-0.2, 0) is 14.3 Å². The van der Waals surface area contributed by atoms with E-state index in [-0.39, 0.29) is 18.1 Å². The van der Waals surface area contributed by atoms with Gasteiger partial charge in [0, 0.05) is 16.5 Å². The summed E-state index contributed by atoms with van der Waals surface area (Å²) in [6.45, 7) is 3.77. The number of ketones is 1. The van der Waals surface area contributed by atoms with E-state index in [1.165, 1.54) is 40.8 Å². The number of hydrogen-bond acceptors (Lipinski definition) is 9. The van der Waals surface area contributed by atoms with Gasteiger partial charge >= 0.3 is 5.97 Å². The van der Waals surface area contributed by atoms with Gasteiger partial charge in [0.15, 0.2) is 11.7 Å². The normalized spacial score (nSPS) is 12.2. The van der Waals surface area contributed by atoms with Gasteiger partial charge in [-0.2, -0.15) is 0 Å². The fraction of sp³-hybridized carbons (Fsp3) is 0.312. The van der Waals surface area contributed by atoms with E-state index in [4.69, 9.17) is 4.74 Å². The van der Waals surface area contributed by atoms with Gasteiger partial charge in [0.05, 0.1) is 12.4 Å². The van der Waals surface area contributed by atoms with Gasteiger partial charge < -0.3 is 4.74 Å². The van der Waals surface area contributed by atoms with Crippen molar-refractivity contribution in [2.45, 2.75) is 24.8 Å². The number of aromatic nitrogens is 3. The first kappa shape index (κ1) is 18.0. The number of aryl methyl sites for hydroxylation is 1. The molecule has 0 aliphatic heterocycles. The SMILES string of the molecule is CCOC(=O)[C@@H](C(=O)CSc1ncnc2sccc12)c1nc(C)cs1. The molecular formula is C16H15N3O3S3. The molecule has 1 atom stereocenters. The van der Waals surface area contributed by atoms with Gasteiger partial charge in [0.25, 0.3) is 0 Å². The van der Waals surface area contributed by atoms with Crippen LogP contribution in [0.4, 0.5) is 0 Å². The number of thiophene rings is 1. The number of thiazole rings is 1. The topological polar surface area (TPSA) is 82.0 Å². The lowest BCUT2D eigenvalue weighted by Gasteiger charge is -2.12. The molecule has 0 fully saturated rings. The molecule has 3 heterocycles. The van der Waals surface area contributed by atoms with Crippen LogP contribution in [0.1, 0.15) is 23.5 Å². The largest absolute Gasteiger partial charge is 0.465 e. The van der Waals surface area contributed by atoms with Crippen molar-refractivity contribution in [2.24, 2.45) is 0 Å². The molecule has 0 aromatic carbocycles. The average molecular weight is 394 g/mol. The fourth-order valence-electron chi connectivity index (χ4n) is 2.21. The van der Waals surface area contributed by atoms with Crippen molar-refractivity contribution < 1.29 is 14.3 Å². The van der Waals surface area contributed by atoms with Gasteiger partial charge in [-0.05, 0) is 25.3 Å². The van der Waals surface area contributed by atoms with Gasteiger partial charge in [-0.25, -0.2) is 15.0 Å². The molecule has 3 aromatic rings. The van der Waals surface area contributed by atoms with E-state index in [1.54, 1.807) is 6.92 Å². The van der Waals surface area contributed by atoms with Gasteiger partial charge in [0.1, 0.15) is 21.2 Å². The first-order valence-corrected chi connectivity index (χ1v) is 10.3. The smallest absolute Gasteiger partial charge is 0.323 e. The molecule has 0 spiro atoms. The third-order valence-corrected chi connectivity index (χ3v) is 6.18. The zero-order valence-corrected chi connectivity index (χ0v) is 16.0. The molecule has 3 rings (SSSR count). The first-order valence-electron chi connectivity index (χ1n) is 7.52. The molecule has 25 heavy (non-hydrogen) atoms. The monoisotopic (exact) mass is 393 g/mol. The molecule has 0 saturated heterocycles. The van der Waals surface area contributed by atoms with Gasteiger partial charge in [0.2, 0.25) is 0 Å². The molecule has 130 valence electrons. The second kappa shape index (κ2) is 8.03. The number of thioether (sulfide) groups is 1. The second-order valence-corrected chi connectivity index (χ2v) is 7.83. The number of Topliss-reactive ketones (excluding diaryl/α,β-unsaturated/α-hetero) is 1. The van der Waals surface area contributed by atoms with Gasteiger partial charge in [-0.3, -0.25) is 9.59 Å². The van der Waals surface area contributed by atoms with E-state index in [0.29, 0.717) is 5.01 Å². The standard InChI is InChI=1S/C16H15N3O3S3/c1-3-22-16(21)12(15-19-9(2)6-24-15)11(20)7-25-14-10-4-5-23-13(10)17-8-18-14/h4-6,8,12H,3,7H2,1-2H3/t12-/m0/s1. The Morgan fingerprint density at radius 1 is 1.32 bits per heavy atom. The van der Waals surface area contributed by atoms with Crippen LogP contribution < -0.4 is 0 Å². The Bertz CT molecular complexity index is 906. The Morgan fingerprint density at radius 2 is 2.16 bits per heavy atom. The summed E-state index contributed by atoms with van der Waals surface area (Å²) in [7, 11) is 0. The first-order chi connectivity index (χ1) is 12.1. The quantitative estimate of drug-likeness (QED) is 0.263. The summed E-state index contributed by atoms with van der Waals surface area (Å²) in [6, 6.07) is 1.93. The Morgan fingerprint density at radius 3 is 2.88 bits per heavy atom. The Labute approximate surface area is 156 Å². The highest BCUT2D eigenvalue weighted by Crippen LogP contribution is 2.30. The third-order valence-electron chi connectivity index (χ3n) is 3.30. The predicted molar refractivity (Wildman–Crippen MR) is 99.4 cm³/mol. The summed E-state index contributed by atoms with van der Waals surface area (Å²) in [5.41, 5.74) is 0.783. The number of carbonyl (C=O) groups excluding carboxylic acids is 2. The summed E-state index contributed by atoms with van der Waals surface area (Å²) in [6.07, 6.45) is 1.48. The molecular weight excluding hydrogens is 378 g/mol. The van der Waals surface area contributed by atoms with E-state index in [9.17, 15) is 9.59 Å². The molecule has 0 saturated carbocycles. The third kappa shape index (κ3) is 4.05. The summed E-state index contributed by atoms with van der Waals surface area (Å²) < 4.78 is 5.07. The number of carbonyl (C=O) groups is 2. The van der Waals surface area contributed by atoms with E-state index in [0.717, 1.165) is 20.9 Å². The molecule has 0 amide bonds. The highest BCUT2D eigenvalue weighted by Gasteiger charge is 2.32. The van der Waals surface area contributed by atoms with E-state index < -0.39 is 11.9 Å². The Balaban J connectivity index is 1.78. The van der Waals surface area contributed by atoms with Crippen molar-refractivity contribution in [1.29, 1.82) is 0 Å². The Hall–Kier alpha value is -1.84. The van der Waals surface area contributed by atoms with Crippen molar-refractivity contribution in [3.05, 3.63) is 33.9 Å². The van der Waals surface area contributed by atoms with Crippen LogP contribution in [0.3, 0.4) is 0 Å². The molecule has 0 N–H and O–H groups in total. The lowest BCUT2D eigenvalue weighted by molar-refractivity contribution is -0.147. The number of rotatable bonds is 7. The Kier molecular flexibility index (Phi) is 5.77. The lowest BCUT2D eigenvalue weighted by Crippen LogP contribution is -2.25. The zero-order chi connectivity index (χ0) is 17.8.